The van der Waals surface area contributed by atoms with E-state index in [0.29, 0.717) is 17.9 Å². The molecule has 0 unspecified atom stereocenters. The molecular formula is C21H18N6O. The van der Waals surface area contributed by atoms with Crippen LogP contribution in [0.25, 0.3) is 17.1 Å². The molecule has 0 saturated heterocycles. The first-order chi connectivity index (χ1) is 13.7. The number of amides is 1. The second-order valence-corrected chi connectivity index (χ2v) is 6.32. The molecule has 3 heterocycles. The number of pyridine rings is 1. The number of benzene rings is 1. The molecule has 7 heteroatoms. The lowest BCUT2D eigenvalue weighted by atomic mass is 10.2. The summed E-state index contributed by atoms with van der Waals surface area (Å²) in [5, 5.41) is 4.37. The van der Waals surface area contributed by atoms with Crippen molar-refractivity contribution >= 4 is 5.91 Å². The van der Waals surface area contributed by atoms with Gasteiger partial charge >= 0.3 is 0 Å². The van der Waals surface area contributed by atoms with Crippen LogP contribution in [0.15, 0.2) is 79.6 Å². The molecule has 138 valence electrons. The molecule has 3 aromatic heterocycles. The molecule has 0 atom stereocenters. The lowest BCUT2D eigenvalue weighted by Crippen LogP contribution is -2.26. The number of para-hydroxylation sites is 1. The van der Waals surface area contributed by atoms with Crippen molar-refractivity contribution in [1.29, 1.82) is 0 Å². The number of nitrogens with zero attached hydrogens (tertiary/aromatic N) is 6. The maximum Gasteiger partial charge on any atom is 0.257 e. The summed E-state index contributed by atoms with van der Waals surface area (Å²) in [5.41, 5.74) is 3.21. The van der Waals surface area contributed by atoms with Crippen molar-refractivity contribution in [3.63, 3.8) is 0 Å². The van der Waals surface area contributed by atoms with E-state index in [1.54, 1.807) is 47.6 Å². The topological polar surface area (TPSA) is 76.8 Å². The Balaban J connectivity index is 1.44. The van der Waals surface area contributed by atoms with Crippen LogP contribution >= 0.6 is 0 Å². The standard InChI is InChI=1S/C21H18N6O/c1-26(14-16-11-25-27(15-16)19-5-3-2-4-6-19)21(28)18-12-23-20(24-13-18)17-7-9-22-10-8-17/h2-13,15H,14H2,1H3. The molecule has 0 aliphatic heterocycles. The number of hydrogen-bond donors (Lipinski definition) is 0. The molecule has 0 bridgehead atoms. The van der Waals surface area contributed by atoms with Crippen LogP contribution in [0.5, 0.6) is 0 Å². The first-order valence-corrected chi connectivity index (χ1v) is 8.77. The van der Waals surface area contributed by atoms with Gasteiger partial charge in [0, 0.05) is 55.7 Å². The zero-order valence-electron chi connectivity index (χ0n) is 15.3. The number of aromatic nitrogens is 5. The lowest BCUT2D eigenvalue weighted by molar-refractivity contribution is 0.0784. The molecule has 4 rings (SSSR count). The molecule has 0 aliphatic rings. The van der Waals surface area contributed by atoms with E-state index in [-0.39, 0.29) is 5.91 Å². The van der Waals surface area contributed by atoms with Crippen molar-refractivity contribution in [3.8, 4) is 17.1 Å². The van der Waals surface area contributed by atoms with Gasteiger partial charge in [0.15, 0.2) is 5.82 Å². The molecule has 0 saturated carbocycles. The number of rotatable bonds is 5. The third-order valence-corrected chi connectivity index (χ3v) is 4.26. The second kappa shape index (κ2) is 7.79. The number of hydrogen-bond acceptors (Lipinski definition) is 5. The van der Waals surface area contributed by atoms with E-state index in [2.05, 4.69) is 20.1 Å². The number of carbonyl (C=O) groups is 1. The van der Waals surface area contributed by atoms with E-state index in [4.69, 9.17) is 0 Å². The van der Waals surface area contributed by atoms with E-state index in [1.807, 2.05) is 48.7 Å². The predicted octanol–water partition coefficient (Wildman–Crippen LogP) is 3.00. The Morgan fingerprint density at radius 3 is 2.43 bits per heavy atom. The van der Waals surface area contributed by atoms with Crippen molar-refractivity contribution in [3.05, 3.63) is 90.8 Å². The highest BCUT2D eigenvalue weighted by atomic mass is 16.2. The van der Waals surface area contributed by atoms with Crippen molar-refractivity contribution in [2.75, 3.05) is 7.05 Å². The molecule has 0 fully saturated rings. The quantitative estimate of drug-likeness (QED) is 0.540. The third kappa shape index (κ3) is 3.78. The Morgan fingerprint density at radius 2 is 1.71 bits per heavy atom. The summed E-state index contributed by atoms with van der Waals surface area (Å²) in [6, 6.07) is 13.5. The number of carbonyl (C=O) groups excluding carboxylic acids is 1. The maximum atomic E-state index is 12.7. The summed E-state index contributed by atoms with van der Waals surface area (Å²) in [4.78, 5) is 26.9. The van der Waals surface area contributed by atoms with Crippen molar-refractivity contribution < 1.29 is 4.79 Å². The Kier molecular flexibility index (Phi) is 4.88. The normalized spacial score (nSPS) is 10.6. The van der Waals surface area contributed by atoms with E-state index in [9.17, 15) is 4.79 Å². The fourth-order valence-electron chi connectivity index (χ4n) is 2.82. The van der Waals surface area contributed by atoms with Crippen molar-refractivity contribution in [2.45, 2.75) is 6.54 Å². The van der Waals surface area contributed by atoms with E-state index in [1.165, 1.54) is 0 Å². The van der Waals surface area contributed by atoms with Gasteiger partial charge in [-0.1, -0.05) is 18.2 Å². The minimum atomic E-state index is -0.145. The summed E-state index contributed by atoms with van der Waals surface area (Å²) in [5.74, 6) is 0.416. The van der Waals surface area contributed by atoms with Crippen LogP contribution in [0, 0.1) is 0 Å². The SMILES string of the molecule is CN(Cc1cnn(-c2ccccc2)c1)C(=O)c1cnc(-c2ccncc2)nc1. The van der Waals surface area contributed by atoms with Crippen LogP contribution in [0.1, 0.15) is 15.9 Å². The first kappa shape index (κ1) is 17.5. The average molecular weight is 370 g/mol. The highest BCUT2D eigenvalue weighted by Crippen LogP contribution is 2.14. The molecule has 1 aromatic carbocycles. The fourth-order valence-corrected chi connectivity index (χ4v) is 2.82. The smallest absolute Gasteiger partial charge is 0.257 e. The van der Waals surface area contributed by atoms with Crippen LogP contribution in [-0.2, 0) is 6.54 Å². The summed E-state index contributed by atoms with van der Waals surface area (Å²) >= 11 is 0. The first-order valence-electron chi connectivity index (χ1n) is 8.77. The van der Waals surface area contributed by atoms with Crippen molar-refractivity contribution in [1.82, 2.24) is 29.6 Å². The van der Waals surface area contributed by atoms with Gasteiger partial charge in [-0.2, -0.15) is 5.10 Å². The van der Waals surface area contributed by atoms with Gasteiger partial charge < -0.3 is 4.90 Å². The van der Waals surface area contributed by atoms with Crippen molar-refractivity contribution in [2.24, 2.45) is 0 Å². The van der Waals surface area contributed by atoms with Gasteiger partial charge in [0.2, 0.25) is 0 Å². The molecule has 1 amide bonds. The predicted molar refractivity (Wildman–Crippen MR) is 105 cm³/mol. The molecule has 4 aromatic rings. The largest absolute Gasteiger partial charge is 0.337 e. The van der Waals surface area contributed by atoms with Crippen LogP contribution in [0.4, 0.5) is 0 Å². The summed E-state index contributed by atoms with van der Waals surface area (Å²) in [7, 11) is 1.75. The Labute approximate surface area is 162 Å². The maximum absolute atomic E-state index is 12.7. The van der Waals surface area contributed by atoms with Gasteiger partial charge in [-0.05, 0) is 24.3 Å². The minimum Gasteiger partial charge on any atom is -0.337 e. The van der Waals surface area contributed by atoms with Gasteiger partial charge in [-0.3, -0.25) is 9.78 Å². The zero-order valence-corrected chi connectivity index (χ0v) is 15.3. The highest BCUT2D eigenvalue weighted by Gasteiger charge is 2.14. The van der Waals surface area contributed by atoms with E-state index >= 15 is 0 Å². The van der Waals surface area contributed by atoms with Crippen LogP contribution < -0.4 is 0 Å². The van der Waals surface area contributed by atoms with Gasteiger partial charge in [0.05, 0.1) is 17.4 Å². The van der Waals surface area contributed by atoms with Crippen LogP contribution in [0.2, 0.25) is 0 Å². The van der Waals surface area contributed by atoms with E-state index < -0.39 is 0 Å². The Morgan fingerprint density at radius 1 is 1.00 bits per heavy atom. The highest BCUT2D eigenvalue weighted by molar-refractivity contribution is 5.93. The van der Waals surface area contributed by atoms with E-state index in [0.717, 1.165) is 16.8 Å². The van der Waals surface area contributed by atoms with Gasteiger partial charge in [0.25, 0.3) is 5.91 Å². The lowest BCUT2D eigenvalue weighted by Gasteiger charge is -2.16. The third-order valence-electron chi connectivity index (χ3n) is 4.26. The summed E-state index contributed by atoms with van der Waals surface area (Å²) < 4.78 is 1.79. The summed E-state index contributed by atoms with van der Waals surface area (Å²) in [6.45, 7) is 0.442. The molecule has 7 nitrogen and oxygen atoms in total. The Bertz CT molecular complexity index is 1060. The molecule has 28 heavy (non-hydrogen) atoms. The summed E-state index contributed by atoms with van der Waals surface area (Å²) in [6.07, 6.45) is 10.1. The van der Waals surface area contributed by atoms with Crippen LogP contribution in [-0.4, -0.2) is 42.6 Å². The average Bonchev–Trinajstić information content (AvgIpc) is 3.23. The Hall–Kier alpha value is -3.87. The molecular weight excluding hydrogens is 352 g/mol. The molecule has 0 aliphatic carbocycles. The molecule has 0 radical (unpaired) electrons. The van der Waals surface area contributed by atoms with Gasteiger partial charge in [-0.15, -0.1) is 0 Å². The minimum absolute atomic E-state index is 0.145. The molecule has 0 N–H and O–H groups in total. The molecule has 0 spiro atoms. The monoisotopic (exact) mass is 370 g/mol. The van der Waals surface area contributed by atoms with Gasteiger partial charge in [-0.25, -0.2) is 14.6 Å². The van der Waals surface area contributed by atoms with Gasteiger partial charge in [0.1, 0.15) is 0 Å². The van der Waals surface area contributed by atoms with Crippen LogP contribution in [0.3, 0.4) is 0 Å². The second-order valence-electron chi connectivity index (χ2n) is 6.32. The zero-order chi connectivity index (χ0) is 19.3. The fraction of sp³-hybridized carbons (Fsp3) is 0.0952.